The van der Waals surface area contributed by atoms with Crippen molar-refractivity contribution in [1.29, 1.82) is 0 Å². The minimum Gasteiger partial charge on any atom is -0.493 e. The van der Waals surface area contributed by atoms with Crippen LogP contribution >= 0.6 is 23.2 Å². The molecule has 176 valence electrons. The van der Waals surface area contributed by atoms with Gasteiger partial charge in [-0.1, -0.05) is 41.4 Å². The Morgan fingerprint density at radius 2 is 1.79 bits per heavy atom. The summed E-state index contributed by atoms with van der Waals surface area (Å²) in [5.74, 6) is -0.729. The molecule has 0 saturated carbocycles. The maximum absolute atomic E-state index is 12.1. The van der Waals surface area contributed by atoms with Crippen LogP contribution in [0.5, 0.6) is 11.5 Å². The number of hydrazone groups is 1. The van der Waals surface area contributed by atoms with Gasteiger partial charge in [-0.05, 0) is 66.9 Å². The predicted molar refractivity (Wildman–Crippen MR) is 134 cm³/mol. The van der Waals surface area contributed by atoms with E-state index in [0.29, 0.717) is 32.8 Å². The minimum atomic E-state index is -0.885. The van der Waals surface area contributed by atoms with Crippen molar-refractivity contribution in [1.82, 2.24) is 5.43 Å². The number of rotatable bonds is 7. The molecule has 0 radical (unpaired) electrons. The third-order valence-electron chi connectivity index (χ3n) is 5.02. The fourth-order valence-electron chi connectivity index (χ4n) is 2.96. The van der Waals surface area contributed by atoms with Crippen LogP contribution in [0.3, 0.4) is 0 Å². The Morgan fingerprint density at radius 1 is 1.00 bits per heavy atom. The molecule has 3 rings (SSSR count). The highest BCUT2D eigenvalue weighted by Crippen LogP contribution is 2.30. The number of carbonyl (C=O) groups is 2. The molecule has 0 atom stereocenters. The number of benzene rings is 3. The second-order valence-electron chi connectivity index (χ2n) is 7.34. The van der Waals surface area contributed by atoms with E-state index in [0.717, 1.165) is 16.7 Å². The lowest BCUT2D eigenvalue weighted by Crippen LogP contribution is -2.32. The molecule has 7 nitrogen and oxygen atoms in total. The van der Waals surface area contributed by atoms with Gasteiger partial charge in [-0.25, -0.2) is 5.43 Å². The summed E-state index contributed by atoms with van der Waals surface area (Å²) in [5.41, 5.74) is 6.09. The van der Waals surface area contributed by atoms with Gasteiger partial charge >= 0.3 is 11.8 Å². The topological polar surface area (TPSA) is 89.0 Å². The van der Waals surface area contributed by atoms with E-state index in [-0.39, 0.29) is 6.61 Å². The Labute approximate surface area is 207 Å². The number of ether oxygens (including phenoxy) is 2. The third-order valence-corrected chi connectivity index (χ3v) is 5.61. The molecule has 3 aromatic rings. The SMILES string of the molecule is COc1cc(/C=N\NC(=O)C(=O)Nc2cccc(C)c2C)ccc1OCc1ccc(Cl)cc1Cl. The molecule has 0 aromatic heterocycles. The molecule has 0 heterocycles. The molecule has 3 aromatic carbocycles. The van der Waals surface area contributed by atoms with Crippen LogP contribution in [0, 0.1) is 13.8 Å². The first-order valence-corrected chi connectivity index (χ1v) is 11.0. The van der Waals surface area contributed by atoms with Gasteiger partial charge in [0.15, 0.2) is 11.5 Å². The number of amides is 2. The average Bonchev–Trinajstić information content (AvgIpc) is 2.81. The monoisotopic (exact) mass is 499 g/mol. The van der Waals surface area contributed by atoms with Crippen molar-refractivity contribution in [2.24, 2.45) is 5.10 Å². The summed E-state index contributed by atoms with van der Waals surface area (Å²) in [6, 6.07) is 15.8. The Bertz CT molecular complexity index is 1240. The number of methoxy groups -OCH3 is 1. The van der Waals surface area contributed by atoms with Gasteiger partial charge in [-0.3, -0.25) is 9.59 Å². The van der Waals surface area contributed by atoms with Crippen LogP contribution in [0.15, 0.2) is 59.7 Å². The van der Waals surface area contributed by atoms with Crippen LogP contribution in [0.2, 0.25) is 10.0 Å². The Kier molecular flexibility index (Phi) is 8.51. The number of hydrogen-bond acceptors (Lipinski definition) is 5. The highest BCUT2D eigenvalue weighted by atomic mass is 35.5. The highest BCUT2D eigenvalue weighted by molar-refractivity contribution is 6.39. The summed E-state index contributed by atoms with van der Waals surface area (Å²) in [6.07, 6.45) is 1.39. The molecule has 2 amide bonds. The van der Waals surface area contributed by atoms with Crippen molar-refractivity contribution >= 4 is 46.9 Å². The minimum absolute atomic E-state index is 0.228. The molecule has 0 aliphatic rings. The fourth-order valence-corrected chi connectivity index (χ4v) is 3.42. The van der Waals surface area contributed by atoms with Crippen LogP contribution in [0.1, 0.15) is 22.3 Å². The first-order valence-electron chi connectivity index (χ1n) is 10.2. The van der Waals surface area contributed by atoms with Gasteiger partial charge in [-0.2, -0.15) is 5.10 Å². The van der Waals surface area contributed by atoms with Gasteiger partial charge in [0.25, 0.3) is 0 Å². The maximum atomic E-state index is 12.1. The van der Waals surface area contributed by atoms with Crippen molar-refractivity contribution in [3.8, 4) is 11.5 Å². The Morgan fingerprint density at radius 3 is 2.53 bits per heavy atom. The molecule has 2 N–H and O–H groups in total. The molecular formula is C25H23Cl2N3O4. The van der Waals surface area contributed by atoms with E-state index in [9.17, 15) is 9.59 Å². The first-order chi connectivity index (χ1) is 16.3. The second kappa shape index (κ2) is 11.5. The fraction of sp³-hybridized carbons (Fsp3) is 0.160. The van der Waals surface area contributed by atoms with E-state index < -0.39 is 11.8 Å². The van der Waals surface area contributed by atoms with Crippen molar-refractivity contribution in [2.75, 3.05) is 12.4 Å². The van der Waals surface area contributed by atoms with Gasteiger partial charge in [0, 0.05) is 21.3 Å². The normalized spacial score (nSPS) is 10.7. The molecule has 34 heavy (non-hydrogen) atoms. The number of nitrogens with zero attached hydrogens (tertiary/aromatic N) is 1. The van der Waals surface area contributed by atoms with Gasteiger partial charge in [-0.15, -0.1) is 0 Å². The zero-order valence-corrected chi connectivity index (χ0v) is 20.3. The first kappa shape index (κ1) is 25.1. The lowest BCUT2D eigenvalue weighted by molar-refractivity contribution is -0.136. The second-order valence-corrected chi connectivity index (χ2v) is 8.18. The molecule has 0 aliphatic heterocycles. The van der Waals surface area contributed by atoms with Gasteiger partial charge < -0.3 is 14.8 Å². The maximum Gasteiger partial charge on any atom is 0.329 e. The molecule has 0 aliphatic carbocycles. The smallest absolute Gasteiger partial charge is 0.329 e. The molecule has 9 heteroatoms. The molecule has 0 bridgehead atoms. The standard InChI is InChI=1S/C25H23Cl2N3O4/c1-15-5-4-6-21(16(15)2)29-24(31)25(32)30-28-13-17-7-10-22(23(11-17)33-3)34-14-18-8-9-19(26)12-20(18)27/h4-13H,14H2,1-3H3,(H,29,31)(H,30,32)/b28-13-. The third kappa shape index (κ3) is 6.50. The van der Waals surface area contributed by atoms with Gasteiger partial charge in [0.2, 0.25) is 0 Å². The van der Waals surface area contributed by atoms with Crippen LogP contribution in [-0.4, -0.2) is 25.1 Å². The van der Waals surface area contributed by atoms with Gasteiger partial charge in [0.1, 0.15) is 6.61 Å². The molecule has 0 unspecified atom stereocenters. The number of carbonyl (C=O) groups excluding carboxylic acids is 2. The lowest BCUT2D eigenvalue weighted by Gasteiger charge is -2.12. The van der Waals surface area contributed by atoms with Crippen LogP contribution in [-0.2, 0) is 16.2 Å². The quantitative estimate of drug-likeness (QED) is 0.262. The van der Waals surface area contributed by atoms with Crippen LogP contribution < -0.4 is 20.2 Å². The molecule has 0 fully saturated rings. The lowest BCUT2D eigenvalue weighted by atomic mass is 10.1. The van der Waals surface area contributed by atoms with E-state index in [1.807, 2.05) is 19.9 Å². The Balaban J connectivity index is 1.59. The number of hydrogen-bond donors (Lipinski definition) is 2. The summed E-state index contributed by atoms with van der Waals surface area (Å²) < 4.78 is 11.2. The molecular weight excluding hydrogens is 477 g/mol. The van der Waals surface area contributed by atoms with E-state index in [4.69, 9.17) is 32.7 Å². The van der Waals surface area contributed by atoms with E-state index in [1.54, 1.807) is 48.5 Å². The highest BCUT2D eigenvalue weighted by Gasteiger charge is 2.14. The molecule has 0 spiro atoms. The summed E-state index contributed by atoms with van der Waals surface area (Å²) in [6.45, 7) is 4.02. The van der Waals surface area contributed by atoms with Crippen molar-refractivity contribution in [3.63, 3.8) is 0 Å². The largest absolute Gasteiger partial charge is 0.493 e. The summed E-state index contributed by atoms with van der Waals surface area (Å²) >= 11 is 12.1. The van der Waals surface area contributed by atoms with Crippen molar-refractivity contribution in [2.45, 2.75) is 20.5 Å². The average molecular weight is 500 g/mol. The van der Waals surface area contributed by atoms with Gasteiger partial charge in [0.05, 0.1) is 13.3 Å². The number of aryl methyl sites for hydroxylation is 1. The predicted octanol–water partition coefficient (Wildman–Crippen LogP) is 5.29. The molecule has 0 saturated heterocycles. The number of anilines is 1. The van der Waals surface area contributed by atoms with Crippen LogP contribution in [0.4, 0.5) is 5.69 Å². The van der Waals surface area contributed by atoms with Crippen molar-refractivity contribution < 1.29 is 19.1 Å². The zero-order valence-electron chi connectivity index (χ0n) is 18.8. The summed E-state index contributed by atoms with van der Waals surface area (Å²) in [5, 5.41) is 7.49. The van der Waals surface area contributed by atoms with Crippen molar-refractivity contribution in [3.05, 3.63) is 86.9 Å². The van der Waals surface area contributed by atoms with E-state index >= 15 is 0 Å². The zero-order chi connectivity index (χ0) is 24.7. The van der Waals surface area contributed by atoms with Crippen LogP contribution in [0.25, 0.3) is 0 Å². The Hall–Kier alpha value is -3.55. The number of nitrogens with one attached hydrogen (secondary N) is 2. The number of halogens is 2. The van der Waals surface area contributed by atoms with E-state index in [1.165, 1.54) is 13.3 Å². The summed E-state index contributed by atoms with van der Waals surface area (Å²) in [4.78, 5) is 24.2. The summed E-state index contributed by atoms with van der Waals surface area (Å²) in [7, 11) is 1.51. The van der Waals surface area contributed by atoms with E-state index in [2.05, 4.69) is 15.8 Å².